The van der Waals surface area contributed by atoms with Crippen LogP contribution >= 0.6 is 0 Å². The Hall–Kier alpha value is -0.870. The van der Waals surface area contributed by atoms with Gasteiger partial charge in [0.25, 0.3) is 0 Å². The van der Waals surface area contributed by atoms with Gasteiger partial charge in [0.2, 0.25) is 0 Å². The molecule has 0 aromatic heterocycles. The van der Waals surface area contributed by atoms with Crippen LogP contribution in [0.2, 0.25) is 0 Å². The second kappa shape index (κ2) is 7.79. The third-order valence-corrected chi connectivity index (χ3v) is 3.44. The molecule has 1 atom stereocenters. The zero-order chi connectivity index (χ0) is 15.2. The predicted octanol–water partition coefficient (Wildman–Crippen LogP) is 3.15. The van der Waals surface area contributed by atoms with Crippen LogP contribution < -0.4 is 5.73 Å². The fraction of sp³-hybridized carbons (Fsp3) is 0.812. The molecule has 0 heterocycles. The molecule has 0 amide bonds. The number of rotatable bonds is 6. The van der Waals surface area contributed by atoms with Gasteiger partial charge in [-0.05, 0) is 59.3 Å². The smallest absolute Gasteiger partial charge is 0.309 e. The van der Waals surface area contributed by atoms with Crippen molar-refractivity contribution in [1.82, 2.24) is 0 Å². The third kappa shape index (κ3) is 6.53. The topological polar surface area (TPSA) is 61.5 Å². The van der Waals surface area contributed by atoms with Gasteiger partial charge >= 0.3 is 5.97 Å². The van der Waals surface area contributed by atoms with Crippen molar-refractivity contribution in [3.05, 3.63) is 12.7 Å². The van der Waals surface area contributed by atoms with Crippen LogP contribution in [0.1, 0.15) is 59.3 Å². The summed E-state index contributed by atoms with van der Waals surface area (Å²) in [6, 6.07) is 0. The average Bonchev–Trinajstić information content (AvgIpc) is 2.35. The Morgan fingerprint density at radius 1 is 1.35 bits per heavy atom. The number of nitrogens with two attached hydrogens (primary N) is 1. The highest BCUT2D eigenvalue weighted by atomic mass is 16.6. The second-order valence-corrected chi connectivity index (χ2v) is 6.55. The zero-order valence-electron chi connectivity index (χ0n) is 13.1. The number of carbonyl (C=O) groups excluding carboxylic acids is 1. The van der Waals surface area contributed by atoms with Crippen LogP contribution in [0.3, 0.4) is 0 Å². The number of hydrogen-bond acceptors (Lipinski definition) is 4. The molecular weight excluding hydrogens is 254 g/mol. The molecule has 0 aromatic carbocycles. The van der Waals surface area contributed by atoms with Crippen molar-refractivity contribution in [2.75, 3.05) is 0 Å². The predicted molar refractivity (Wildman–Crippen MR) is 80.1 cm³/mol. The third-order valence-electron chi connectivity index (χ3n) is 3.44. The van der Waals surface area contributed by atoms with E-state index < -0.39 is 5.60 Å². The van der Waals surface area contributed by atoms with E-state index in [-0.39, 0.29) is 24.2 Å². The Bertz CT molecular complexity index is 314. The fourth-order valence-corrected chi connectivity index (χ4v) is 2.42. The first kappa shape index (κ1) is 17.2. The molecule has 0 saturated heterocycles. The summed E-state index contributed by atoms with van der Waals surface area (Å²) in [6.45, 7) is 9.38. The van der Waals surface area contributed by atoms with Crippen molar-refractivity contribution < 1.29 is 14.3 Å². The molecule has 1 aliphatic carbocycles. The highest BCUT2D eigenvalue weighted by Crippen LogP contribution is 2.29. The average molecular weight is 283 g/mol. The summed E-state index contributed by atoms with van der Waals surface area (Å²) in [5, 5.41) is 0. The van der Waals surface area contributed by atoms with E-state index in [1.165, 1.54) is 0 Å². The molecule has 1 fully saturated rings. The van der Waals surface area contributed by atoms with E-state index in [9.17, 15) is 4.79 Å². The van der Waals surface area contributed by atoms with Crippen LogP contribution in [0.15, 0.2) is 12.7 Å². The van der Waals surface area contributed by atoms with E-state index in [1.54, 1.807) is 0 Å². The summed E-state index contributed by atoms with van der Waals surface area (Å²) < 4.78 is 11.2. The minimum atomic E-state index is -0.405. The van der Waals surface area contributed by atoms with Crippen molar-refractivity contribution in [2.45, 2.75) is 77.2 Å². The second-order valence-electron chi connectivity index (χ2n) is 6.55. The maximum Gasteiger partial charge on any atom is 0.309 e. The number of hydrogen-bond donors (Lipinski definition) is 1. The molecule has 20 heavy (non-hydrogen) atoms. The summed E-state index contributed by atoms with van der Waals surface area (Å²) in [7, 11) is 0. The van der Waals surface area contributed by atoms with Crippen LogP contribution in [0, 0.1) is 5.92 Å². The number of allylic oxidation sites excluding steroid dienone is 1. The largest absolute Gasteiger partial charge is 0.460 e. The Kier molecular flexibility index (Phi) is 6.69. The van der Waals surface area contributed by atoms with Gasteiger partial charge in [0, 0.05) is 0 Å². The van der Waals surface area contributed by atoms with Crippen LogP contribution in [-0.2, 0) is 14.3 Å². The Balaban J connectivity index is 2.29. The summed E-state index contributed by atoms with van der Waals surface area (Å²) in [5.74, 6) is -0.0645. The molecule has 2 N–H and O–H groups in total. The molecule has 0 bridgehead atoms. The van der Waals surface area contributed by atoms with E-state index in [4.69, 9.17) is 15.2 Å². The van der Waals surface area contributed by atoms with Crippen LogP contribution in [0.25, 0.3) is 0 Å². The molecule has 4 nitrogen and oxygen atoms in total. The molecule has 0 spiro atoms. The fourth-order valence-electron chi connectivity index (χ4n) is 2.42. The lowest BCUT2D eigenvalue weighted by atomic mass is 9.87. The van der Waals surface area contributed by atoms with Gasteiger partial charge in [0.15, 0.2) is 0 Å². The lowest BCUT2D eigenvalue weighted by Gasteiger charge is -2.31. The Labute approximate surface area is 122 Å². The standard InChI is InChI=1S/C16H29NO3/c1-5-6-7-14(17)19-13-10-8-12(9-11-13)15(18)20-16(2,3)4/h5,12-14H,1,6-11,17H2,2-4H3/t12?,13?,14-/m0/s1. The van der Waals surface area contributed by atoms with Gasteiger partial charge in [-0.2, -0.15) is 0 Å². The SMILES string of the molecule is C=CCC[C@@H](N)OC1CCC(C(=O)OC(C)(C)C)CC1. The maximum atomic E-state index is 12.0. The quantitative estimate of drug-likeness (QED) is 0.462. The molecule has 0 unspecified atom stereocenters. The van der Waals surface area contributed by atoms with E-state index in [1.807, 2.05) is 26.8 Å². The lowest BCUT2D eigenvalue weighted by molar-refractivity contribution is -0.162. The molecule has 0 aliphatic heterocycles. The first-order valence-corrected chi connectivity index (χ1v) is 7.56. The van der Waals surface area contributed by atoms with Crippen molar-refractivity contribution in [3.63, 3.8) is 0 Å². The van der Waals surface area contributed by atoms with Gasteiger partial charge in [-0.15, -0.1) is 6.58 Å². The molecule has 116 valence electrons. The highest BCUT2D eigenvalue weighted by molar-refractivity contribution is 5.72. The van der Waals surface area contributed by atoms with E-state index in [2.05, 4.69) is 6.58 Å². The zero-order valence-corrected chi connectivity index (χ0v) is 13.1. The van der Waals surface area contributed by atoms with Crippen LogP contribution in [0.5, 0.6) is 0 Å². The molecule has 1 aliphatic rings. The van der Waals surface area contributed by atoms with Crippen LogP contribution in [-0.4, -0.2) is 23.9 Å². The Morgan fingerprint density at radius 3 is 2.45 bits per heavy atom. The van der Waals surface area contributed by atoms with Gasteiger partial charge in [-0.3, -0.25) is 4.79 Å². The van der Waals surface area contributed by atoms with Crippen molar-refractivity contribution in [3.8, 4) is 0 Å². The van der Waals surface area contributed by atoms with Gasteiger partial charge < -0.3 is 15.2 Å². The Morgan fingerprint density at radius 2 is 1.95 bits per heavy atom. The van der Waals surface area contributed by atoms with Crippen molar-refractivity contribution >= 4 is 5.97 Å². The van der Waals surface area contributed by atoms with Crippen molar-refractivity contribution in [2.24, 2.45) is 11.7 Å². The first-order chi connectivity index (χ1) is 9.31. The molecule has 0 aromatic rings. The summed E-state index contributed by atoms with van der Waals surface area (Å²) in [5.41, 5.74) is 5.50. The van der Waals surface area contributed by atoms with Gasteiger partial charge in [0.05, 0.1) is 12.0 Å². The molecule has 0 radical (unpaired) electrons. The minimum absolute atomic E-state index is 0.0125. The molecule has 1 rings (SSSR count). The van der Waals surface area contributed by atoms with E-state index in [0.29, 0.717) is 0 Å². The summed E-state index contributed by atoms with van der Waals surface area (Å²) in [4.78, 5) is 12.0. The van der Waals surface area contributed by atoms with E-state index in [0.717, 1.165) is 38.5 Å². The van der Waals surface area contributed by atoms with Crippen molar-refractivity contribution in [1.29, 1.82) is 0 Å². The van der Waals surface area contributed by atoms with Gasteiger partial charge in [0.1, 0.15) is 11.8 Å². The molecular formula is C16H29NO3. The number of esters is 1. The molecule has 4 heteroatoms. The monoisotopic (exact) mass is 283 g/mol. The highest BCUT2D eigenvalue weighted by Gasteiger charge is 2.30. The number of ether oxygens (including phenoxy) is 2. The first-order valence-electron chi connectivity index (χ1n) is 7.56. The van der Waals surface area contributed by atoms with Crippen LogP contribution in [0.4, 0.5) is 0 Å². The summed E-state index contributed by atoms with van der Waals surface area (Å²) in [6.07, 6.45) is 6.88. The van der Waals surface area contributed by atoms with E-state index >= 15 is 0 Å². The normalized spacial score (nSPS) is 25.0. The number of carbonyl (C=O) groups is 1. The lowest BCUT2D eigenvalue weighted by Crippen LogP contribution is -2.35. The summed E-state index contributed by atoms with van der Waals surface area (Å²) >= 11 is 0. The van der Waals surface area contributed by atoms with Gasteiger partial charge in [-0.25, -0.2) is 0 Å². The molecule has 1 saturated carbocycles. The van der Waals surface area contributed by atoms with Gasteiger partial charge in [-0.1, -0.05) is 6.08 Å². The minimum Gasteiger partial charge on any atom is -0.460 e. The maximum absolute atomic E-state index is 12.0.